The highest BCUT2D eigenvalue weighted by molar-refractivity contribution is 6.00. The van der Waals surface area contributed by atoms with Crippen LogP contribution in [0.15, 0.2) is 0 Å². The lowest BCUT2D eigenvalue weighted by molar-refractivity contribution is -0.509. The largest absolute Gasteiger partial charge is 0.299 e. The molecule has 0 spiro atoms. The maximum Gasteiger partial charge on any atom is 0.208 e. The third-order valence-electron chi connectivity index (χ3n) is 3.43. The van der Waals surface area contributed by atoms with Crippen molar-refractivity contribution in [2.45, 2.75) is 34.1 Å². The van der Waals surface area contributed by atoms with Crippen molar-refractivity contribution in [2.75, 3.05) is 13.1 Å². The first kappa shape index (κ1) is 19.1. The average molecular weight is 302 g/mol. The number of carbonyl (C=O) groups excluding carboxylic acids is 2. The minimum atomic E-state index is -1.15. The van der Waals surface area contributed by atoms with Crippen LogP contribution in [0, 0.1) is 43.9 Å². The third kappa shape index (κ3) is 6.92. The van der Waals surface area contributed by atoms with E-state index >= 15 is 0 Å². The van der Waals surface area contributed by atoms with Gasteiger partial charge in [0.2, 0.25) is 13.1 Å². The Morgan fingerprint density at radius 2 is 1.38 bits per heavy atom. The molecule has 0 radical (unpaired) electrons. The highest BCUT2D eigenvalue weighted by Crippen LogP contribution is 2.29. The van der Waals surface area contributed by atoms with Crippen molar-refractivity contribution in [3.63, 3.8) is 0 Å². The number of carbonyl (C=O) groups is 2. The molecule has 0 heterocycles. The predicted molar refractivity (Wildman–Crippen MR) is 75.0 cm³/mol. The van der Waals surface area contributed by atoms with Crippen LogP contribution >= 0.6 is 0 Å². The Kier molecular flexibility index (Phi) is 7.69. The molecule has 0 saturated carbocycles. The van der Waals surface area contributed by atoms with E-state index in [2.05, 4.69) is 0 Å². The molecule has 0 amide bonds. The van der Waals surface area contributed by atoms with Gasteiger partial charge in [0.1, 0.15) is 11.6 Å². The Hall–Kier alpha value is -1.86. The first-order valence-corrected chi connectivity index (χ1v) is 6.80. The predicted octanol–water partition coefficient (Wildman–Crippen LogP) is 1.61. The van der Waals surface area contributed by atoms with Crippen molar-refractivity contribution in [1.82, 2.24) is 0 Å². The summed E-state index contributed by atoms with van der Waals surface area (Å²) in [6.07, 6.45) is 0.358. The van der Waals surface area contributed by atoms with Crippen LogP contribution in [0.3, 0.4) is 0 Å². The lowest BCUT2D eigenvalue weighted by atomic mass is 9.74. The summed E-state index contributed by atoms with van der Waals surface area (Å²) >= 11 is 0. The molecule has 0 N–H and O–H groups in total. The van der Waals surface area contributed by atoms with Gasteiger partial charge in [-0.1, -0.05) is 13.8 Å². The topological polar surface area (TPSA) is 120 Å². The highest BCUT2D eigenvalue weighted by atomic mass is 16.6. The van der Waals surface area contributed by atoms with Crippen LogP contribution in [0.1, 0.15) is 34.1 Å². The van der Waals surface area contributed by atoms with Crippen LogP contribution in [-0.2, 0) is 9.59 Å². The van der Waals surface area contributed by atoms with Gasteiger partial charge in [0, 0.05) is 21.7 Å². The Labute approximate surface area is 123 Å². The van der Waals surface area contributed by atoms with E-state index in [9.17, 15) is 29.8 Å². The van der Waals surface area contributed by atoms with Crippen LogP contribution in [0.5, 0.6) is 0 Å². The van der Waals surface area contributed by atoms with Gasteiger partial charge in [-0.15, -0.1) is 0 Å². The van der Waals surface area contributed by atoms with Crippen molar-refractivity contribution >= 4 is 11.6 Å². The van der Waals surface area contributed by atoms with E-state index in [0.29, 0.717) is 6.42 Å². The zero-order chi connectivity index (χ0) is 16.7. The van der Waals surface area contributed by atoms with E-state index < -0.39 is 52.3 Å². The molecule has 0 aliphatic carbocycles. The molecule has 0 fully saturated rings. The zero-order valence-electron chi connectivity index (χ0n) is 12.8. The molecule has 0 aromatic rings. The SMILES string of the molecule is CC(=O)C(C(C)=O)[C@@H](C[N+](=O)[O-])[C@@H](CC(C)C)C[N+](=O)[O-]. The second kappa shape index (κ2) is 8.43. The molecule has 2 atom stereocenters. The maximum atomic E-state index is 11.7. The molecule has 0 rings (SSSR count). The number of Topliss-reactive ketones (excluding diaryl/α,β-unsaturated/α-hetero) is 2. The highest BCUT2D eigenvalue weighted by Gasteiger charge is 2.41. The average Bonchev–Trinajstić information content (AvgIpc) is 2.23. The second-order valence-corrected chi connectivity index (χ2v) is 5.78. The third-order valence-corrected chi connectivity index (χ3v) is 3.43. The standard InChI is InChI=1S/C13H22N2O6/c1-8(2)5-11(6-14(18)19)12(7-15(20)21)13(9(3)16)10(4)17/h8,11-13H,5-7H2,1-4H3/t11-,12-/m0/s1. The molecular weight excluding hydrogens is 280 g/mol. The molecule has 0 saturated heterocycles. The van der Waals surface area contributed by atoms with Crippen molar-refractivity contribution in [3.05, 3.63) is 20.2 Å². The monoisotopic (exact) mass is 302 g/mol. The molecule has 0 aromatic heterocycles. The Morgan fingerprint density at radius 1 is 0.952 bits per heavy atom. The summed E-state index contributed by atoms with van der Waals surface area (Å²) in [5.41, 5.74) is 0. The van der Waals surface area contributed by atoms with Gasteiger partial charge in [-0.2, -0.15) is 0 Å². The lowest BCUT2D eigenvalue weighted by Crippen LogP contribution is -2.40. The summed E-state index contributed by atoms with van der Waals surface area (Å²) in [6.45, 7) is 4.97. The smallest absolute Gasteiger partial charge is 0.208 e. The molecule has 8 nitrogen and oxygen atoms in total. The molecular formula is C13H22N2O6. The fraction of sp³-hybridized carbons (Fsp3) is 0.846. The fourth-order valence-corrected chi connectivity index (χ4v) is 2.77. The molecule has 0 aliphatic rings. The summed E-state index contributed by atoms with van der Waals surface area (Å²) in [6, 6.07) is 0. The summed E-state index contributed by atoms with van der Waals surface area (Å²) in [7, 11) is 0. The van der Waals surface area contributed by atoms with E-state index in [1.165, 1.54) is 13.8 Å². The number of nitro groups is 2. The summed E-state index contributed by atoms with van der Waals surface area (Å²) in [5, 5.41) is 21.7. The first-order chi connectivity index (χ1) is 9.56. The van der Waals surface area contributed by atoms with E-state index in [-0.39, 0.29) is 5.92 Å². The maximum absolute atomic E-state index is 11.7. The zero-order valence-corrected chi connectivity index (χ0v) is 12.8. The second-order valence-electron chi connectivity index (χ2n) is 5.78. The Morgan fingerprint density at radius 3 is 1.67 bits per heavy atom. The Balaban J connectivity index is 5.56. The van der Waals surface area contributed by atoms with Gasteiger partial charge in [-0.25, -0.2) is 0 Å². The molecule has 0 aliphatic heterocycles. The van der Waals surface area contributed by atoms with Crippen LogP contribution in [-0.4, -0.2) is 34.5 Å². The normalized spacial score (nSPS) is 14.0. The van der Waals surface area contributed by atoms with Crippen molar-refractivity contribution in [1.29, 1.82) is 0 Å². The number of nitrogens with zero attached hydrogens (tertiary/aromatic N) is 2. The van der Waals surface area contributed by atoms with Crippen LogP contribution < -0.4 is 0 Å². The van der Waals surface area contributed by atoms with Crippen LogP contribution in [0.2, 0.25) is 0 Å². The minimum Gasteiger partial charge on any atom is -0.299 e. The molecule has 0 unspecified atom stereocenters. The summed E-state index contributed by atoms with van der Waals surface area (Å²) in [4.78, 5) is 43.8. The quantitative estimate of drug-likeness (QED) is 0.343. The van der Waals surface area contributed by atoms with E-state index in [4.69, 9.17) is 0 Å². The lowest BCUT2D eigenvalue weighted by Gasteiger charge is -2.27. The van der Waals surface area contributed by atoms with Gasteiger partial charge in [0.15, 0.2) is 0 Å². The fourth-order valence-electron chi connectivity index (χ4n) is 2.77. The van der Waals surface area contributed by atoms with Crippen LogP contribution in [0.4, 0.5) is 0 Å². The summed E-state index contributed by atoms with van der Waals surface area (Å²) in [5.74, 6) is -3.66. The molecule has 120 valence electrons. The van der Waals surface area contributed by atoms with Crippen molar-refractivity contribution < 1.29 is 19.4 Å². The van der Waals surface area contributed by atoms with Gasteiger partial charge >= 0.3 is 0 Å². The molecule has 0 aromatic carbocycles. The molecule has 0 bridgehead atoms. The first-order valence-electron chi connectivity index (χ1n) is 6.80. The van der Waals surface area contributed by atoms with E-state index in [1.807, 2.05) is 13.8 Å². The van der Waals surface area contributed by atoms with E-state index in [1.54, 1.807) is 0 Å². The minimum absolute atomic E-state index is 0.0729. The van der Waals surface area contributed by atoms with Gasteiger partial charge in [0.05, 0.1) is 5.92 Å². The van der Waals surface area contributed by atoms with Crippen molar-refractivity contribution in [2.24, 2.45) is 23.7 Å². The van der Waals surface area contributed by atoms with Crippen molar-refractivity contribution in [3.8, 4) is 0 Å². The van der Waals surface area contributed by atoms with Gasteiger partial charge < -0.3 is 0 Å². The Bertz CT molecular complexity index is 407. The number of hydrogen-bond acceptors (Lipinski definition) is 6. The van der Waals surface area contributed by atoms with E-state index in [0.717, 1.165) is 0 Å². The molecule has 8 heteroatoms. The van der Waals surface area contributed by atoms with Gasteiger partial charge in [-0.05, 0) is 26.2 Å². The molecule has 21 heavy (non-hydrogen) atoms. The number of hydrogen-bond donors (Lipinski definition) is 0. The summed E-state index contributed by atoms with van der Waals surface area (Å²) < 4.78 is 0. The van der Waals surface area contributed by atoms with Gasteiger partial charge in [0.25, 0.3) is 0 Å². The van der Waals surface area contributed by atoms with Crippen LogP contribution in [0.25, 0.3) is 0 Å². The number of rotatable bonds is 10. The number of ketones is 2. The van der Waals surface area contributed by atoms with Gasteiger partial charge in [-0.3, -0.25) is 29.8 Å².